The van der Waals surface area contributed by atoms with Gasteiger partial charge in [0.25, 0.3) is 0 Å². The molecule has 24 heavy (non-hydrogen) atoms. The van der Waals surface area contributed by atoms with Crippen molar-refractivity contribution < 1.29 is 9.47 Å². The van der Waals surface area contributed by atoms with Gasteiger partial charge in [-0.15, -0.1) is 0 Å². The maximum Gasteiger partial charge on any atom is 0.0808 e. The van der Waals surface area contributed by atoms with Crippen LogP contribution in [0.1, 0.15) is 63.3 Å². The van der Waals surface area contributed by atoms with Gasteiger partial charge in [0.2, 0.25) is 0 Å². The molecule has 136 valence electrons. The van der Waals surface area contributed by atoms with Gasteiger partial charge in [-0.3, -0.25) is 9.58 Å². The van der Waals surface area contributed by atoms with Gasteiger partial charge in [-0.25, -0.2) is 0 Å². The summed E-state index contributed by atoms with van der Waals surface area (Å²) < 4.78 is 13.9. The normalized spacial score (nSPS) is 23.9. The zero-order valence-electron chi connectivity index (χ0n) is 15.5. The monoisotopic (exact) mass is 335 g/mol. The quantitative estimate of drug-likeness (QED) is 0.799. The first kappa shape index (κ1) is 17.9. The predicted octanol–water partition coefficient (Wildman–Crippen LogP) is 3.32. The Morgan fingerprint density at radius 1 is 1.25 bits per heavy atom. The first-order chi connectivity index (χ1) is 11.6. The van der Waals surface area contributed by atoms with E-state index in [1.54, 1.807) is 0 Å². The van der Waals surface area contributed by atoms with Gasteiger partial charge in [-0.05, 0) is 52.9 Å². The second kappa shape index (κ2) is 8.45. The number of aromatic nitrogens is 2. The summed E-state index contributed by atoms with van der Waals surface area (Å²) in [6.07, 6.45) is 8.87. The van der Waals surface area contributed by atoms with Crippen LogP contribution in [-0.4, -0.2) is 53.2 Å². The SMILES string of the molecule is Cc1nn(C(C)C)cc1CN1CCC(OC[C@@H]2CCCCO2)CC1. The average molecular weight is 335 g/mol. The lowest BCUT2D eigenvalue weighted by molar-refractivity contribution is -0.0753. The standard InChI is InChI=1S/C19H33N3O2/c1-15(2)22-13-17(16(3)20-22)12-21-9-7-18(8-10-21)24-14-19-6-4-5-11-23-19/h13,15,18-19H,4-12,14H2,1-3H3/t19-/m0/s1. The van der Waals surface area contributed by atoms with Gasteiger partial charge in [0, 0.05) is 44.0 Å². The largest absolute Gasteiger partial charge is 0.376 e. The second-order valence-corrected chi connectivity index (χ2v) is 7.61. The number of hydrogen-bond acceptors (Lipinski definition) is 4. The fraction of sp³-hybridized carbons (Fsp3) is 0.842. The fourth-order valence-corrected chi connectivity index (χ4v) is 3.60. The van der Waals surface area contributed by atoms with Crippen molar-refractivity contribution in [3.8, 4) is 0 Å². The summed E-state index contributed by atoms with van der Waals surface area (Å²) in [7, 11) is 0. The van der Waals surface area contributed by atoms with Crippen molar-refractivity contribution in [2.45, 2.75) is 77.7 Å². The van der Waals surface area contributed by atoms with Crippen LogP contribution in [-0.2, 0) is 16.0 Å². The van der Waals surface area contributed by atoms with Gasteiger partial charge in [-0.2, -0.15) is 5.10 Å². The Bertz CT molecular complexity index is 501. The third-order valence-corrected chi connectivity index (χ3v) is 5.27. The van der Waals surface area contributed by atoms with Crippen LogP contribution in [0.15, 0.2) is 6.20 Å². The molecule has 3 heterocycles. The molecule has 0 saturated carbocycles. The number of rotatable bonds is 6. The molecule has 2 saturated heterocycles. The molecular formula is C19H33N3O2. The summed E-state index contributed by atoms with van der Waals surface area (Å²) in [6.45, 7) is 11.4. The molecule has 0 unspecified atom stereocenters. The van der Waals surface area contributed by atoms with E-state index >= 15 is 0 Å². The average Bonchev–Trinajstić information content (AvgIpc) is 2.96. The molecule has 1 aromatic rings. The van der Waals surface area contributed by atoms with Crippen LogP contribution in [0.25, 0.3) is 0 Å². The van der Waals surface area contributed by atoms with E-state index < -0.39 is 0 Å². The molecule has 2 fully saturated rings. The smallest absolute Gasteiger partial charge is 0.0808 e. The number of aryl methyl sites for hydroxylation is 1. The maximum absolute atomic E-state index is 6.11. The molecule has 2 aliphatic heterocycles. The van der Waals surface area contributed by atoms with Gasteiger partial charge in [0.05, 0.1) is 24.5 Å². The Morgan fingerprint density at radius 2 is 2.04 bits per heavy atom. The zero-order chi connectivity index (χ0) is 16.9. The minimum Gasteiger partial charge on any atom is -0.376 e. The third kappa shape index (κ3) is 4.80. The Kier molecular flexibility index (Phi) is 6.31. The second-order valence-electron chi connectivity index (χ2n) is 7.61. The molecule has 2 aliphatic rings. The van der Waals surface area contributed by atoms with E-state index in [-0.39, 0.29) is 0 Å². The molecule has 5 heteroatoms. The van der Waals surface area contributed by atoms with Crippen LogP contribution in [0.3, 0.4) is 0 Å². The summed E-state index contributed by atoms with van der Waals surface area (Å²) in [6, 6.07) is 0.429. The van der Waals surface area contributed by atoms with Gasteiger partial charge >= 0.3 is 0 Å². The Balaban J connectivity index is 1.40. The van der Waals surface area contributed by atoms with Crippen molar-refractivity contribution >= 4 is 0 Å². The fourth-order valence-electron chi connectivity index (χ4n) is 3.60. The van der Waals surface area contributed by atoms with Crippen LogP contribution in [0.5, 0.6) is 0 Å². The Hall–Kier alpha value is -0.910. The highest BCUT2D eigenvalue weighted by Gasteiger charge is 2.23. The molecule has 0 aromatic carbocycles. The molecule has 0 bridgehead atoms. The molecular weight excluding hydrogens is 302 g/mol. The van der Waals surface area contributed by atoms with E-state index in [4.69, 9.17) is 9.47 Å². The Morgan fingerprint density at radius 3 is 2.67 bits per heavy atom. The molecule has 0 radical (unpaired) electrons. The highest BCUT2D eigenvalue weighted by atomic mass is 16.5. The van der Waals surface area contributed by atoms with E-state index in [1.807, 2.05) is 0 Å². The van der Waals surface area contributed by atoms with Gasteiger partial charge in [0.1, 0.15) is 0 Å². The topological polar surface area (TPSA) is 39.5 Å². The maximum atomic E-state index is 6.11. The van der Waals surface area contributed by atoms with Crippen LogP contribution in [0.2, 0.25) is 0 Å². The molecule has 0 spiro atoms. The van der Waals surface area contributed by atoms with Crippen LogP contribution in [0, 0.1) is 6.92 Å². The number of piperidine rings is 1. The highest BCUT2D eigenvalue weighted by molar-refractivity contribution is 5.15. The molecule has 1 atom stereocenters. The van der Waals surface area contributed by atoms with E-state index in [1.165, 1.54) is 18.4 Å². The molecule has 0 N–H and O–H groups in total. The van der Waals surface area contributed by atoms with Gasteiger partial charge in [-0.1, -0.05) is 0 Å². The van der Waals surface area contributed by atoms with Crippen molar-refractivity contribution in [2.75, 3.05) is 26.3 Å². The summed E-state index contributed by atoms with van der Waals surface area (Å²) >= 11 is 0. The molecule has 5 nitrogen and oxygen atoms in total. The van der Waals surface area contributed by atoms with Gasteiger partial charge < -0.3 is 9.47 Å². The van der Waals surface area contributed by atoms with Crippen LogP contribution >= 0.6 is 0 Å². The number of likely N-dealkylation sites (tertiary alicyclic amines) is 1. The zero-order valence-corrected chi connectivity index (χ0v) is 15.5. The van der Waals surface area contributed by atoms with E-state index in [9.17, 15) is 0 Å². The lowest BCUT2D eigenvalue weighted by Gasteiger charge is -2.33. The number of ether oxygens (including phenoxy) is 2. The minimum absolute atomic E-state index is 0.335. The molecule has 1 aromatic heterocycles. The third-order valence-electron chi connectivity index (χ3n) is 5.27. The lowest BCUT2D eigenvalue weighted by atomic mass is 10.1. The lowest BCUT2D eigenvalue weighted by Crippen LogP contribution is -2.38. The first-order valence-corrected chi connectivity index (χ1v) is 9.62. The summed E-state index contributed by atoms with van der Waals surface area (Å²) in [5.41, 5.74) is 2.52. The van der Waals surface area contributed by atoms with Crippen molar-refractivity contribution in [3.05, 3.63) is 17.5 Å². The summed E-state index contributed by atoms with van der Waals surface area (Å²) in [4.78, 5) is 2.53. The molecule has 0 aliphatic carbocycles. The van der Waals surface area contributed by atoms with Crippen molar-refractivity contribution in [2.24, 2.45) is 0 Å². The molecule has 3 rings (SSSR count). The van der Waals surface area contributed by atoms with Crippen molar-refractivity contribution in [1.29, 1.82) is 0 Å². The number of hydrogen-bond donors (Lipinski definition) is 0. The predicted molar refractivity (Wildman–Crippen MR) is 95.2 cm³/mol. The van der Waals surface area contributed by atoms with E-state index in [2.05, 4.69) is 41.6 Å². The van der Waals surface area contributed by atoms with Crippen LogP contribution < -0.4 is 0 Å². The van der Waals surface area contributed by atoms with Gasteiger partial charge in [0.15, 0.2) is 0 Å². The van der Waals surface area contributed by atoms with Crippen molar-refractivity contribution in [3.63, 3.8) is 0 Å². The Labute approximate surface area is 146 Å². The molecule has 0 amide bonds. The van der Waals surface area contributed by atoms with E-state index in [0.29, 0.717) is 18.2 Å². The minimum atomic E-state index is 0.335. The summed E-state index contributed by atoms with van der Waals surface area (Å²) in [5.74, 6) is 0. The summed E-state index contributed by atoms with van der Waals surface area (Å²) in [5, 5.41) is 4.62. The highest BCUT2D eigenvalue weighted by Crippen LogP contribution is 2.20. The number of nitrogens with zero attached hydrogens (tertiary/aromatic N) is 3. The van der Waals surface area contributed by atoms with Crippen LogP contribution in [0.4, 0.5) is 0 Å². The van der Waals surface area contributed by atoms with E-state index in [0.717, 1.165) is 57.8 Å². The first-order valence-electron chi connectivity index (χ1n) is 9.62. The van der Waals surface area contributed by atoms with Crippen molar-refractivity contribution in [1.82, 2.24) is 14.7 Å².